The van der Waals surface area contributed by atoms with E-state index in [1.807, 2.05) is 30.3 Å². The Bertz CT molecular complexity index is 1560. The van der Waals surface area contributed by atoms with Crippen LogP contribution >= 0.6 is 11.6 Å². The summed E-state index contributed by atoms with van der Waals surface area (Å²) in [5.74, 6) is 1.03. The normalized spacial score (nSPS) is 17.2. The molecule has 4 aromatic rings. The van der Waals surface area contributed by atoms with Crippen LogP contribution in [0.3, 0.4) is 0 Å². The van der Waals surface area contributed by atoms with E-state index in [1.54, 1.807) is 24.1 Å². The van der Waals surface area contributed by atoms with Gasteiger partial charge in [-0.15, -0.1) is 0 Å². The molecule has 214 valence electrons. The lowest BCUT2D eigenvalue weighted by Gasteiger charge is -2.42. The monoisotopic (exact) mass is 573 g/mol. The Hall–Kier alpha value is -3.66. The van der Waals surface area contributed by atoms with E-state index in [0.717, 1.165) is 59.8 Å². The van der Waals surface area contributed by atoms with Crippen LogP contribution in [-0.4, -0.2) is 89.7 Å². The smallest absolute Gasteiger partial charge is 0.227 e. The van der Waals surface area contributed by atoms with E-state index in [4.69, 9.17) is 21.3 Å². The number of methoxy groups -OCH3 is 1. The molecular weight excluding hydrogens is 538 g/mol. The number of piperazine rings is 1. The van der Waals surface area contributed by atoms with Crippen molar-refractivity contribution in [2.45, 2.75) is 25.8 Å². The number of nitrogens with one attached hydrogen (secondary N) is 1. The number of piperidine rings is 1. The number of likely N-dealkylation sites (N-methyl/N-ethyl adjacent to an activating group) is 1. The van der Waals surface area contributed by atoms with Gasteiger partial charge in [0.2, 0.25) is 11.9 Å². The molecule has 2 aromatic heterocycles. The number of para-hydroxylation sites is 1. The quantitative estimate of drug-likeness (QED) is 0.329. The maximum Gasteiger partial charge on any atom is 0.227 e. The lowest BCUT2D eigenvalue weighted by Crippen LogP contribution is -2.52. The van der Waals surface area contributed by atoms with Crippen LogP contribution in [0, 0.1) is 0 Å². The van der Waals surface area contributed by atoms with Gasteiger partial charge in [0.1, 0.15) is 5.75 Å². The number of halogens is 1. The molecule has 0 bridgehead atoms. The maximum absolute atomic E-state index is 12.3. The van der Waals surface area contributed by atoms with Crippen LogP contribution in [0.1, 0.15) is 24.6 Å². The number of anilines is 3. The minimum atomic E-state index is -0.0793. The van der Waals surface area contributed by atoms with E-state index in [0.29, 0.717) is 22.7 Å². The first kappa shape index (κ1) is 27.5. The molecular formula is C31H36ClN7O2. The molecule has 0 spiro atoms. The highest BCUT2D eigenvalue weighted by atomic mass is 35.5. The van der Waals surface area contributed by atoms with Crippen LogP contribution in [-0.2, 0) is 0 Å². The van der Waals surface area contributed by atoms with Crippen molar-refractivity contribution < 1.29 is 9.53 Å². The molecule has 2 aromatic carbocycles. The highest BCUT2D eigenvalue weighted by Gasteiger charge is 2.27. The second kappa shape index (κ2) is 11.7. The van der Waals surface area contributed by atoms with Crippen LogP contribution < -0.4 is 15.0 Å². The number of carbonyl (C=O) groups is 1. The number of carbonyl (C=O) groups excluding carboxylic acids is 1. The van der Waals surface area contributed by atoms with Crippen molar-refractivity contribution in [3.63, 3.8) is 0 Å². The van der Waals surface area contributed by atoms with Crippen LogP contribution in [0.25, 0.3) is 22.2 Å². The highest BCUT2D eigenvalue weighted by Crippen LogP contribution is 2.36. The molecule has 2 fully saturated rings. The van der Waals surface area contributed by atoms with Gasteiger partial charge >= 0.3 is 0 Å². The van der Waals surface area contributed by atoms with Crippen LogP contribution in [0.5, 0.6) is 5.75 Å². The summed E-state index contributed by atoms with van der Waals surface area (Å²) in [6.07, 6.45) is 5.71. The molecule has 41 heavy (non-hydrogen) atoms. The predicted octanol–water partition coefficient (Wildman–Crippen LogP) is 5.38. The Labute approximate surface area is 245 Å². The molecule has 10 heteroatoms. The largest absolute Gasteiger partial charge is 0.494 e. The minimum absolute atomic E-state index is 0.0793. The van der Waals surface area contributed by atoms with Crippen molar-refractivity contribution in [2.24, 2.45) is 0 Å². The lowest BCUT2D eigenvalue weighted by molar-refractivity contribution is 0.0941. The number of hydrogen-bond donors (Lipinski definition) is 1. The van der Waals surface area contributed by atoms with Gasteiger partial charge in [0.25, 0.3) is 0 Å². The van der Waals surface area contributed by atoms with Crippen LogP contribution in [0.4, 0.5) is 17.3 Å². The average Bonchev–Trinajstić information content (AvgIpc) is 3.39. The third kappa shape index (κ3) is 5.62. The summed E-state index contributed by atoms with van der Waals surface area (Å²) in [5, 5.41) is 4.62. The number of nitrogens with zero attached hydrogens (tertiary/aromatic N) is 6. The van der Waals surface area contributed by atoms with Gasteiger partial charge in [-0.3, -0.25) is 14.3 Å². The average molecular weight is 574 g/mol. The predicted molar refractivity (Wildman–Crippen MR) is 165 cm³/mol. The Balaban J connectivity index is 1.20. The summed E-state index contributed by atoms with van der Waals surface area (Å²) in [7, 11) is 3.88. The molecule has 0 unspecified atom stereocenters. The number of fused-ring (bicyclic) bond motifs is 1. The molecule has 2 saturated heterocycles. The van der Waals surface area contributed by atoms with E-state index in [9.17, 15) is 4.79 Å². The van der Waals surface area contributed by atoms with Gasteiger partial charge < -0.3 is 19.9 Å². The molecule has 0 aliphatic carbocycles. The molecule has 2 aliphatic rings. The van der Waals surface area contributed by atoms with Gasteiger partial charge in [0.15, 0.2) is 0 Å². The number of hydrogen-bond acceptors (Lipinski definition) is 8. The first-order valence-electron chi connectivity index (χ1n) is 14.2. The molecule has 4 heterocycles. The van der Waals surface area contributed by atoms with Crippen molar-refractivity contribution in [3.8, 4) is 17.0 Å². The zero-order valence-corrected chi connectivity index (χ0v) is 24.6. The van der Waals surface area contributed by atoms with Gasteiger partial charge in [-0.25, -0.2) is 9.97 Å². The zero-order valence-electron chi connectivity index (χ0n) is 23.8. The standard InChI is InChI=1S/C31H36ClN7O2/c1-21(40)39-20-25(24-6-4-5-7-28(24)39)30-26(32)19-33-31(35-30)34-27-9-8-23(18-29(27)41-3)37-12-10-22(11-13-37)38-16-14-36(2)15-17-38/h4-9,18-20,22H,10-17H2,1-3H3,(H,33,34,35). The number of aromatic nitrogens is 3. The Morgan fingerprint density at radius 3 is 2.54 bits per heavy atom. The summed E-state index contributed by atoms with van der Waals surface area (Å²) in [4.78, 5) is 29.0. The molecule has 0 amide bonds. The maximum atomic E-state index is 12.3. The summed E-state index contributed by atoms with van der Waals surface area (Å²) < 4.78 is 7.39. The number of ether oxygens (including phenoxy) is 1. The third-order valence-electron chi connectivity index (χ3n) is 8.37. The summed E-state index contributed by atoms with van der Waals surface area (Å²) in [5.41, 5.74) is 4.05. The van der Waals surface area contributed by atoms with E-state index >= 15 is 0 Å². The van der Waals surface area contributed by atoms with Crippen molar-refractivity contribution in [1.82, 2.24) is 24.3 Å². The Kier molecular flexibility index (Phi) is 7.84. The van der Waals surface area contributed by atoms with E-state index in [-0.39, 0.29) is 5.91 Å². The van der Waals surface area contributed by atoms with Crippen molar-refractivity contribution in [2.75, 3.05) is 63.6 Å². The zero-order chi connectivity index (χ0) is 28.5. The van der Waals surface area contributed by atoms with Crippen molar-refractivity contribution >= 4 is 45.7 Å². The van der Waals surface area contributed by atoms with E-state index in [1.165, 1.54) is 32.9 Å². The first-order valence-corrected chi connectivity index (χ1v) is 14.6. The summed E-state index contributed by atoms with van der Waals surface area (Å²) in [6, 6.07) is 14.6. The topological polar surface area (TPSA) is 78.8 Å². The fourth-order valence-corrected chi connectivity index (χ4v) is 6.21. The molecule has 1 N–H and O–H groups in total. The molecule has 0 saturated carbocycles. The summed E-state index contributed by atoms with van der Waals surface area (Å²) in [6.45, 7) is 8.26. The van der Waals surface area contributed by atoms with Gasteiger partial charge in [0.05, 0.1) is 35.2 Å². The molecule has 0 radical (unpaired) electrons. The van der Waals surface area contributed by atoms with Crippen molar-refractivity contribution in [3.05, 3.63) is 59.9 Å². The highest BCUT2D eigenvalue weighted by molar-refractivity contribution is 6.33. The second-order valence-corrected chi connectivity index (χ2v) is 11.3. The van der Waals surface area contributed by atoms with E-state index in [2.05, 4.69) is 44.2 Å². The van der Waals surface area contributed by atoms with Crippen molar-refractivity contribution in [1.29, 1.82) is 0 Å². The third-order valence-corrected chi connectivity index (χ3v) is 8.64. The molecule has 0 atom stereocenters. The van der Waals surface area contributed by atoms with E-state index < -0.39 is 0 Å². The fourth-order valence-electron chi connectivity index (χ4n) is 6.02. The number of benzene rings is 2. The fraction of sp³-hybridized carbons (Fsp3) is 0.387. The van der Waals surface area contributed by atoms with Gasteiger partial charge in [-0.1, -0.05) is 29.8 Å². The van der Waals surface area contributed by atoms with Crippen LogP contribution in [0.15, 0.2) is 54.9 Å². The Morgan fingerprint density at radius 1 is 1.05 bits per heavy atom. The molecule has 2 aliphatic heterocycles. The minimum Gasteiger partial charge on any atom is -0.494 e. The number of rotatable bonds is 6. The first-order chi connectivity index (χ1) is 19.9. The summed E-state index contributed by atoms with van der Waals surface area (Å²) >= 11 is 6.57. The molecule has 6 rings (SSSR count). The SMILES string of the molecule is COc1cc(N2CCC(N3CCN(C)CC3)CC2)ccc1Nc1ncc(Cl)c(-c2cn(C(C)=O)c3ccccc23)n1. The Morgan fingerprint density at radius 2 is 1.80 bits per heavy atom. The van der Waals surface area contributed by atoms with Gasteiger partial charge in [0, 0.05) is 81.1 Å². The van der Waals surface area contributed by atoms with Gasteiger partial charge in [-0.05, 0) is 38.1 Å². The van der Waals surface area contributed by atoms with Gasteiger partial charge in [-0.2, -0.15) is 0 Å². The second-order valence-electron chi connectivity index (χ2n) is 10.9. The van der Waals surface area contributed by atoms with Crippen LogP contribution in [0.2, 0.25) is 5.02 Å². The molecule has 9 nitrogen and oxygen atoms in total. The lowest BCUT2D eigenvalue weighted by atomic mass is 10.0.